The summed E-state index contributed by atoms with van der Waals surface area (Å²) < 4.78 is 14.1. The first-order chi connectivity index (χ1) is 10.1. The van der Waals surface area contributed by atoms with Crippen LogP contribution in [0.1, 0.15) is 34.6 Å². The molecule has 0 aromatic heterocycles. The van der Waals surface area contributed by atoms with Crippen LogP contribution in [0.4, 0.5) is 4.79 Å². The molecule has 1 rings (SSSR count). The second-order valence-corrected chi connectivity index (χ2v) is 5.43. The first-order valence-corrected chi connectivity index (χ1v) is 6.41. The van der Waals surface area contributed by atoms with Crippen molar-refractivity contribution in [2.24, 2.45) is 0 Å². The summed E-state index contributed by atoms with van der Waals surface area (Å²) in [4.78, 5) is 43.3. The number of hydrogen-bond acceptors (Lipinski definition) is 8. The largest absolute Gasteiger partial charge is 0.511 e. The van der Waals surface area contributed by atoms with Crippen molar-refractivity contribution >= 4 is 17.9 Å². The van der Waals surface area contributed by atoms with Crippen LogP contribution in [0.25, 0.3) is 0 Å². The predicted octanol–water partition coefficient (Wildman–Crippen LogP) is 2.15. The lowest BCUT2D eigenvalue weighted by atomic mass is 10.1. The molecular weight excluding hydrogens is 296 g/mol. The minimum absolute atomic E-state index is 0.0402. The van der Waals surface area contributed by atoms with E-state index >= 15 is 0 Å². The van der Waals surface area contributed by atoms with E-state index in [0.29, 0.717) is 0 Å². The predicted molar refractivity (Wildman–Crippen MR) is 71.9 cm³/mol. The van der Waals surface area contributed by atoms with Gasteiger partial charge in [0.1, 0.15) is 5.60 Å². The van der Waals surface area contributed by atoms with E-state index in [4.69, 9.17) is 4.74 Å². The van der Waals surface area contributed by atoms with Gasteiger partial charge >= 0.3 is 18.1 Å². The highest BCUT2D eigenvalue weighted by Crippen LogP contribution is 2.23. The van der Waals surface area contributed by atoms with Gasteiger partial charge in [-0.05, 0) is 40.7 Å². The van der Waals surface area contributed by atoms with Crippen LogP contribution in [-0.4, -0.2) is 30.3 Å². The Morgan fingerprint density at radius 3 is 2.18 bits per heavy atom. The van der Waals surface area contributed by atoms with Gasteiger partial charge < -0.3 is 14.2 Å². The van der Waals surface area contributed by atoms with Crippen molar-refractivity contribution in [2.45, 2.75) is 40.2 Å². The topological polar surface area (TPSA) is 104 Å². The molecular formula is C14H18O8. The van der Waals surface area contributed by atoms with Crippen LogP contribution in [-0.2, 0) is 33.6 Å². The minimum Gasteiger partial charge on any atom is -0.428 e. The lowest BCUT2D eigenvalue weighted by Gasteiger charge is -2.18. The molecule has 0 spiro atoms. The summed E-state index contributed by atoms with van der Waals surface area (Å²) >= 11 is 0. The molecule has 0 aromatic carbocycles. The SMILES string of the molecule is CC(C(=O)/C=C(\C)C(=O)OCOC(=O)OC(C)(C)C)=C1OO1. The number of allylic oxidation sites excluding steroid dienone is 2. The summed E-state index contributed by atoms with van der Waals surface area (Å²) in [5.74, 6) is -1.13. The van der Waals surface area contributed by atoms with E-state index < -0.39 is 30.3 Å². The minimum atomic E-state index is -0.957. The molecule has 0 radical (unpaired) electrons. The van der Waals surface area contributed by atoms with Crippen LogP contribution in [0.2, 0.25) is 0 Å². The number of hydrogen-bond donors (Lipinski definition) is 0. The molecule has 0 aromatic rings. The molecule has 8 heteroatoms. The highest BCUT2D eigenvalue weighted by atomic mass is 17.4. The number of ether oxygens (including phenoxy) is 3. The molecule has 22 heavy (non-hydrogen) atoms. The van der Waals surface area contributed by atoms with Gasteiger partial charge in [0.05, 0.1) is 5.57 Å². The molecule has 1 aliphatic rings. The van der Waals surface area contributed by atoms with Crippen LogP contribution in [0.5, 0.6) is 0 Å². The van der Waals surface area contributed by atoms with Crippen LogP contribution >= 0.6 is 0 Å². The molecule has 0 atom stereocenters. The van der Waals surface area contributed by atoms with Crippen molar-refractivity contribution < 1.29 is 38.4 Å². The van der Waals surface area contributed by atoms with E-state index in [0.717, 1.165) is 6.08 Å². The molecule has 0 amide bonds. The molecule has 0 saturated carbocycles. The molecule has 1 fully saturated rings. The molecule has 0 unspecified atom stereocenters. The van der Waals surface area contributed by atoms with Crippen LogP contribution in [0, 0.1) is 0 Å². The molecule has 0 bridgehead atoms. The Kier molecular flexibility index (Phi) is 5.56. The third kappa shape index (κ3) is 6.29. The van der Waals surface area contributed by atoms with Gasteiger partial charge in [0, 0.05) is 5.57 Å². The summed E-state index contributed by atoms with van der Waals surface area (Å²) in [6.45, 7) is 7.28. The van der Waals surface area contributed by atoms with Gasteiger partial charge in [-0.3, -0.25) is 4.79 Å². The molecule has 8 nitrogen and oxygen atoms in total. The van der Waals surface area contributed by atoms with E-state index in [1.165, 1.54) is 13.8 Å². The molecule has 1 aliphatic heterocycles. The number of rotatable bonds is 5. The molecule has 0 N–H and O–H groups in total. The fourth-order valence-corrected chi connectivity index (χ4v) is 1.13. The second kappa shape index (κ2) is 6.97. The molecule has 0 aliphatic carbocycles. The van der Waals surface area contributed by atoms with Gasteiger partial charge in [0.25, 0.3) is 0 Å². The Balaban J connectivity index is 2.40. The van der Waals surface area contributed by atoms with Gasteiger partial charge in [0.2, 0.25) is 6.79 Å². The van der Waals surface area contributed by atoms with Crippen LogP contribution in [0.15, 0.2) is 23.2 Å². The average Bonchev–Trinajstić information content (AvgIpc) is 3.19. The Morgan fingerprint density at radius 2 is 1.68 bits per heavy atom. The molecule has 1 heterocycles. The zero-order valence-electron chi connectivity index (χ0n) is 13.1. The quantitative estimate of drug-likeness (QED) is 0.250. The smallest absolute Gasteiger partial charge is 0.428 e. The standard InChI is InChI=1S/C14H18O8/c1-8(6-10(15)9(2)12-21-22-12)11(16)18-7-19-13(17)20-14(3,4)5/h6H,7H2,1-5H3/b8-6+. The van der Waals surface area contributed by atoms with Crippen molar-refractivity contribution in [1.82, 2.24) is 0 Å². The van der Waals surface area contributed by atoms with E-state index in [1.807, 2.05) is 0 Å². The van der Waals surface area contributed by atoms with Crippen LogP contribution < -0.4 is 0 Å². The Morgan fingerprint density at radius 1 is 1.09 bits per heavy atom. The fraction of sp³-hybridized carbons (Fsp3) is 0.500. The van der Waals surface area contributed by atoms with Crippen molar-refractivity contribution in [3.63, 3.8) is 0 Å². The molecule has 1 saturated heterocycles. The van der Waals surface area contributed by atoms with Gasteiger partial charge in [-0.15, -0.1) is 0 Å². The summed E-state index contributed by atoms with van der Waals surface area (Å²) in [5, 5.41) is 0. The van der Waals surface area contributed by atoms with E-state index in [1.54, 1.807) is 20.8 Å². The van der Waals surface area contributed by atoms with Gasteiger partial charge in [-0.25, -0.2) is 19.4 Å². The van der Waals surface area contributed by atoms with Gasteiger partial charge in [-0.1, -0.05) is 0 Å². The number of esters is 1. The number of ketones is 1. The van der Waals surface area contributed by atoms with Crippen molar-refractivity contribution in [3.8, 4) is 0 Å². The monoisotopic (exact) mass is 314 g/mol. The summed E-state index contributed by atoms with van der Waals surface area (Å²) in [7, 11) is 0. The van der Waals surface area contributed by atoms with E-state index in [2.05, 4.69) is 19.2 Å². The summed E-state index contributed by atoms with van der Waals surface area (Å²) in [6.07, 6.45) is 0.116. The van der Waals surface area contributed by atoms with Gasteiger partial charge in [0.15, 0.2) is 5.78 Å². The highest BCUT2D eigenvalue weighted by molar-refractivity contribution is 6.07. The maximum atomic E-state index is 11.7. The normalized spacial score (nSPS) is 13.5. The average molecular weight is 314 g/mol. The van der Waals surface area contributed by atoms with E-state index in [-0.39, 0.29) is 17.1 Å². The highest BCUT2D eigenvalue weighted by Gasteiger charge is 2.26. The summed E-state index contributed by atoms with van der Waals surface area (Å²) in [6, 6.07) is 0. The van der Waals surface area contributed by atoms with Crippen molar-refractivity contribution in [3.05, 3.63) is 23.2 Å². The third-order valence-corrected chi connectivity index (χ3v) is 2.27. The third-order valence-electron chi connectivity index (χ3n) is 2.27. The summed E-state index contributed by atoms with van der Waals surface area (Å²) in [5.41, 5.74) is -0.433. The maximum Gasteiger partial charge on any atom is 0.511 e. The van der Waals surface area contributed by atoms with Gasteiger partial charge in [-0.2, -0.15) is 0 Å². The maximum absolute atomic E-state index is 11.7. The van der Waals surface area contributed by atoms with Crippen LogP contribution in [0.3, 0.4) is 0 Å². The first kappa shape index (κ1) is 17.5. The zero-order valence-corrected chi connectivity index (χ0v) is 13.1. The Labute approximate surface area is 127 Å². The second-order valence-electron chi connectivity index (χ2n) is 5.43. The molecule has 122 valence electrons. The number of carbonyl (C=O) groups is 3. The number of carbonyl (C=O) groups excluding carboxylic acids is 3. The van der Waals surface area contributed by atoms with Crippen molar-refractivity contribution in [2.75, 3.05) is 6.79 Å². The first-order valence-electron chi connectivity index (χ1n) is 6.41. The zero-order chi connectivity index (χ0) is 16.9. The van der Waals surface area contributed by atoms with Crippen molar-refractivity contribution in [1.29, 1.82) is 0 Å². The van der Waals surface area contributed by atoms with E-state index in [9.17, 15) is 14.4 Å². The fourth-order valence-electron chi connectivity index (χ4n) is 1.13. The lowest BCUT2D eigenvalue weighted by molar-refractivity contribution is -0.149. The lowest BCUT2D eigenvalue weighted by Crippen LogP contribution is -2.25. The Hall–Kier alpha value is -2.51. The Bertz CT molecular complexity index is 530.